The molecule has 0 radical (unpaired) electrons. The average molecular weight is 314 g/mol. The van der Waals surface area contributed by atoms with Crippen LogP contribution in [0.25, 0.3) is 0 Å². The zero-order chi connectivity index (χ0) is 13.1. The van der Waals surface area contributed by atoms with Crippen molar-refractivity contribution >= 4 is 15.9 Å². The van der Waals surface area contributed by atoms with Crippen LogP contribution in [0.1, 0.15) is 18.9 Å². The van der Waals surface area contributed by atoms with Crippen LogP contribution in [-0.2, 0) is 4.74 Å². The summed E-state index contributed by atoms with van der Waals surface area (Å²) in [4.78, 5) is 0. The van der Waals surface area contributed by atoms with Gasteiger partial charge in [0.05, 0.1) is 0 Å². The first-order valence-corrected chi connectivity index (χ1v) is 7.16. The third-order valence-electron chi connectivity index (χ3n) is 3.40. The molecule has 3 atom stereocenters. The van der Waals surface area contributed by atoms with Gasteiger partial charge in [0.15, 0.2) is 0 Å². The number of hydrogen-bond acceptors (Lipinski definition) is 3. The lowest BCUT2D eigenvalue weighted by Crippen LogP contribution is -2.60. The molecule has 2 rings (SSSR count). The van der Waals surface area contributed by atoms with E-state index in [1.807, 2.05) is 26.1 Å². The topological polar surface area (TPSA) is 30.5 Å². The summed E-state index contributed by atoms with van der Waals surface area (Å²) in [6, 6.07) is 6.48. The molecular weight excluding hydrogens is 294 g/mol. The number of benzene rings is 1. The number of likely N-dealkylation sites (N-methyl/N-ethyl adjacent to an activating group) is 1. The molecule has 1 fully saturated rings. The van der Waals surface area contributed by atoms with Gasteiger partial charge in [0.2, 0.25) is 0 Å². The Balaban J connectivity index is 1.99. The lowest BCUT2D eigenvalue weighted by atomic mass is 9.85. The Kier molecular flexibility index (Phi) is 4.65. The van der Waals surface area contributed by atoms with Crippen molar-refractivity contribution in [3.8, 4) is 5.75 Å². The summed E-state index contributed by atoms with van der Waals surface area (Å²) in [5.41, 5.74) is 1.19. The van der Waals surface area contributed by atoms with Crippen molar-refractivity contribution in [2.45, 2.75) is 38.5 Å². The second-order valence-corrected chi connectivity index (χ2v) is 5.47. The van der Waals surface area contributed by atoms with E-state index in [0.717, 1.165) is 23.2 Å². The number of ether oxygens (including phenoxy) is 2. The van der Waals surface area contributed by atoms with Crippen molar-refractivity contribution < 1.29 is 9.47 Å². The van der Waals surface area contributed by atoms with Crippen LogP contribution in [0, 0.1) is 6.92 Å². The van der Waals surface area contributed by atoms with E-state index in [-0.39, 0.29) is 12.2 Å². The maximum Gasteiger partial charge on any atom is 0.128 e. The molecule has 1 N–H and O–H groups in total. The van der Waals surface area contributed by atoms with Crippen molar-refractivity contribution in [1.82, 2.24) is 5.32 Å². The van der Waals surface area contributed by atoms with Gasteiger partial charge in [0.25, 0.3) is 0 Å². The third kappa shape index (κ3) is 2.87. The normalized spacial score (nSPS) is 26.8. The Morgan fingerprint density at radius 2 is 2.22 bits per heavy atom. The molecule has 0 amide bonds. The zero-order valence-electron chi connectivity index (χ0n) is 11.1. The Bertz CT molecular complexity index is 411. The maximum atomic E-state index is 6.00. The molecule has 0 spiro atoms. The second-order valence-electron chi connectivity index (χ2n) is 4.62. The van der Waals surface area contributed by atoms with Gasteiger partial charge < -0.3 is 14.8 Å². The third-order valence-corrected chi connectivity index (χ3v) is 4.29. The van der Waals surface area contributed by atoms with Crippen LogP contribution < -0.4 is 10.1 Å². The predicted octanol–water partition coefficient (Wildman–Crippen LogP) is 2.90. The largest absolute Gasteiger partial charge is 0.488 e. The van der Waals surface area contributed by atoms with Gasteiger partial charge in [-0.05, 0) is 44.7 Å². The predicted molar refractivity (Wildman–Crippen MR) is 76.2 cm³/mol. The molecule has 0 bridgehead atoms. The van der Waals surface area contributed by atoms with Crippen molar-refractivity contribution in [3.63, 3.8) is 0 Å². The summed E-state index contributed by atoms with van der Waals surface area (Å²) in [5.74, 6) is 0.917. The van der Waals surface area contributed by atoms with E-state index in [4.69, 9.17) is 9.47 Å². The quantitative estimate of drug-likeness (QED) is 0.906. The molecule has 0 aliphatic heterocycles. The highest BCUT2D eigenvalue weighted by atomic mass is 79.9. The molecule has 1 aromatic carbocycles. The molecule has 1 aromatic rings. The first-order chi connectivity index (χ1) is 8.65. The fraction of sp³-hybridized carbons (Fsp3) is 0.571. The smallest absolute Gasteiger partial charge is 0.128 e. The van der Waals surface area contributed by atoms with Crippen molar-refractivity contribution in [2.75, 3.05) is 13.7 Å². The first kappa shape index (κ1) is 13.8. The molecule has 1 saturated carbocycles. The molecular formula is C14H20BrNO2. The van der Waals surface area contributed by atoms with E-state index in [9.17, 15) is 0 Å². The lowest BCUT2D eigenvalue weighted by Gasteiger charge is -2.43. The number of halogens is 1. The van der Waals surface area contributed by atoms with E-state index in [0.29, 0.717) is 6.04 Å². The molecule has 100 valence electrons. The highest BCUT2D eigenvalue weighted by molar-refractivity contribution is 9.10. The van der Waals surface area contributed by atoms with Gasteiger partial charge in [0.1, 0.15) is 18.0 Å². The summed E-state index contributed by atoms with van der Waals surface area (Å²) >= 11 is 3.49. The highest BCUT2D eigenvalue weighted by Crippen LogP contribution is 2.30. The average Bonchev–Trinajstić information content (AvgIpc) is 2.35. The van der Waals surface area contributed by atoms with E-state index in [1.165, 1.54) is 5.56 Å². The van der Waals surface area contributed by atoms with Gasteiger partial charge in [-0.2, -0.15) is 0 Å². The highest BCUT2D eigenvalue weighted by Gasteiger charge is 2.42. The minimum absolute atomic E-state index is 0.156. The van der Waals surface area contributed by atoms with Crippen LogP contribution in [-0.4, -0.2) is 31.9 Å². The number of rotatable bonds is 5. The van der Waals surface area contributed by atoms with E-state index in [1.54, 1.807) is 0 Å². The zero-order valence-corrected chi connectivity index (χ0v) is 12.7. The monoisotopic (exact) mass is 313 g/mol. The summed E-state index contributed by atoms with van der Waals surface area (Å²) in [7, 11) is 1.97. The minimum atomic E-state index is 0.156. The van der Waals surface area contributed by atoms with Crippen molar-refractivity contribution in [3.05, 3.63) is 28.2 Å². The Hall–Kier alpha value is -0.580. The minimum Gasteiger partial charge on any atom is -0.488 e. The fourth-order valence-electron chi connectivity index (χ4n) is 2.26. The molecule has 18 heavy (non-hydrogen) atoms. The van der Waals surface area contributed by atoms with Crippen molar-refractivity contribution in [1.29, 1.82) is 0 Å². The van der Waals surface area contributed by atoms with Gasteiger partial charge in [-0.25, -0.2) is 0 Å². The van der Waals surface area contributed by atoms with Gasteiger partial charge in [-0.3, -0.25) is 0 Å². The summed E-state index contributed by atoms with van der Waals surface area (Å²) < 4.78 is 12.8. The summed E-state index contributed by atoms with van der Waals surface area (Å²) in [6.07, 6.45) is 1.31. The molecule has 3 nitrogen and oxygen atoms in total. The van der Waals surface area contributed by atoms with Crippen LogP contribution in [0.15, 0.2) is 22.7 Å². The van der Waals surface area contributed by atoms with Crippen LogP contribution in [0.3, 0.4) is 0 Å². The Morgan fingerprint density at radius 1 is 1.44 bits per heavy atom. The molecule has 4 heteroatoms. The van der Waals surface area contributed by atoms with Gasteiger partial charge in [-0.1, -0.05) is 15.9 Å². The molecule has 0 aromatic heterocycles. The van der Waals surface area contributed by atoms with Crippen LogP contribution in [0.2, 0.25) is 0 Å². The second kappa shape index (κ2) is 6.04. The SMILES string of the molecule is CCOC1C(NC)CC1Oc1ccc(Br)c(C)c1. The van der Waals surface area contributed by atoms with E-state index in [2.05, 4.69) is 34.2 Å². The summed E-state index contributed by atoms with van der Waals surface area (Å²) in [5, 5.41) is 3.26. The Morgan fingerprint density at radius 3 is 2.83 bits per heavy atom. The van der Waals surface area contributed by atoms with Gasteiger partial charge >= 0.3 is 0 Å². The number of nitrogens with one attached hydrogen (secondary N) is 1. The molecule has 1 aliphatic carbocycles. The molecule has 0 saturated heterocycles. The fourth-order valence-corrected chi connectivity index (χ4v) is 2.51. The maximum absolute atomic E-state index is 6.00. The standard InChI is InChI=1S/C14H20BrNO2/c1-4-17-14-12(16-3)8-13(14)18-10-5-6-11(15)9(2)7-10/h5-7,12-14,16H,4,8H2,1-3H3. The van der Waals surface area contributed by atoms with Gasteiger partial charge in [-0.15, -0.1) is 0 Å². The lowest BCUT2D eigenvalue weighted by molar-refractivity contribution is -0.103. The molecule has 3 unspecified atom stereocenters. The number of hydrogen-bond donors (Lipinski definition) is 1. The molecule has 1 aliphatic rings. The van der Waals surface area contributed by atoms with Crippen LogP contribution in [0.5, 0.6) is 5.75 Å². The van der Waals surface area contributed by atoms with E-state index >= 15 is 0 Å². The van der Waals surface area contributed by atoms with Gasteiger partial charge in [0, 0.05) is 23.5 Å². The molecule has 0 heterocycles. The van der Waals surface area contributed by atoms with Crippen LogP contribution in [0.4, 0.5) is 0 Å². The van der Waals surface area contributed by atoms with Crippen LogP contribution >= 0.6 is 15.9 Å². The number of aryl methyl sites for hydroxylation is 1. The first-order valence-electron chi connectivity index (χ1n) is 6.37. The summed E-state index contributed by atoms with van der Waals surface area (Å²) in [6.45, 7) is 4.81. The Labute approximate surface area is 117 Å². The van der Waals surface area contributed by atoms with E-state index < -0.39 is 0 Å². The van der Waals surface area contributed by atoms with Crippen molar-refractivity contribution in [2.24, 2.45) is 0 Å².